The lowest BCUT2D eigenvalue weighted by atomic mass is 10.0. The molecule has 3 saturated heterocycles. The number of hydrogen-bond acceptors (Lipinski definition) is 7. The fourth-order valence-corrected chi connectivity index (χ4v) is 5.98. The van der Waals surface area contributed by atoms with Gasteiger partial charge in [0.05, 0.1) is 23.1 Å². The molecular weight excluding hydrogens is 370 g/mol. The first kappa shape index (κ1) is 18.1. The van der Waals surface area contributed by atoms with E-state index in [1.165, 1.54) is 0 Å². The van der Waals surface area contributed by atoms with Gasteiger partial charge in [-0.3, -0.25) is 9.59 Å². The Labute approximate surface area is 150 Å². The van der Waals surface area contributed by atoms with Crippen molar-refractivity contribution >= 4 is 45.0 Å². The number of imide groups is 1. The Bertz CT molecular complexity index is 706. The lowest BCUT2D eigenvalue weighted by Gasteiger charge is -2.17. The summed E-state index contributed by atoms with van der Waals surface area (Å²) in [7, 11) is -3.20. The number of nitrogens with one attached hydrogen (secondary N) is 2. The fourth-order valence-electron chi connectivity index (χ4n) is 3.43. The third-order valence-electron chi connectivity index (χ3n) is 4.64. The monoisotopic (exact) mass is 389 g/mol. The van der Waals surface area contributed by atoms with E-state index in [0.717, 1.165) is 0 Å². The minimum Gasteiger partial charge on any atom is -0.357 e. The SMILES string of the molecule is O=C(CCCC[C@H]1[C@H]2NC(=S)NC2CS1(=O)=O)ON1C(=O)CCC1=O. The zero-order chi connectivity index (χ0) is 18.2. The van der Waals surface area contributed by atoms with Crippen LogP contribution in [0, 0.1) is 0 Å². The highest BCUT2D eigenvalue weighted by atomic mass is 32.2. The summed E-state index contributed by atoms with van der Waals surface area (Å²) in [5.74, 6) is -1.65. The van der Waals surface area contributed by atoms with Crippen LogP contribution in [0.2, 0.25) is 0 Å². The van der Waals surface area contributed by atoms with Crippen molar-refractivity contribution in [1.29, 1.82) is 0 Å². The van der Waals surface area contributed by atoms with E-state index in [-0.39, 0.29) is 37.1 Å². The number of amides is 2. The van der Waals surface area contributed by atoms with E-state index < -0.39 is 32.9 Å². The first-order valence-corrected chi connectivity index (χ1v) is 10.3. The molecule has 138 valence electrons. The molecule has 0 aliphatic carbocycles. The van der Waals surface area contributed by atoms with E-state index in [9.17, 15) is 22.8 Å². The number of hydroxylamine groups is 2. The van der Waals surface area contributed by atoms with Gasteiger partial charge in [0.2, 0.25) is 0 Å². The van der Waals surface area contributed by atoms with Gasteiger partial charge in [0, 0.05) is 19.3 Å². The number of thiocarbonyl (C=S) groups is 1. The van der Waals surface area contributed by atoms with Gasteiger partial charge in [0.15, 0.2) is 14.9 Å². The Morgan fingerprint density at radius 1 is 1.20 bits per heavy atom. The van der Waals surface area contributed by atoms with Crippen LogP contribution >= 0.6 is 12.2 Å². The predicted octanol–water partition coefficient (Wildman–Crippen LogP) is -0.834. The Morgan fingerprint density at radius 2 is 1.88 bits per heavy atom. The van der Waals surface area contributed by atoms with Crippen LogP contribution in [0.4, 0.5) is 0 Å². The van der Waals surface area contributed by atoms with Crippen LogP contribution in [0.15, 0.2) is 0 Å². The molecule has 0 saturated carbocycles. The Hall–Kier alpha value is -1.75. The normalized spacial score (nSPS) is 30.2. The van der Waals surface area contributed by atoms with E-state index >= 15 is 0 Å². The van der Waals surface area contributed by atoms with Gasteiger partial charge in [-0.1, -0.05) is 6.42 Å². The molecule has 0 bridgehead atoms. The van der Waals surface area contributed by atoms with E-state index in [4.69, 9.17) is 17.1 Å². The van der Waals surface area contributed by atoms with Crippen LogP contribution in [0.1, 0.15) is 38.5 Å². The topological polar surface area (TPSA) is 122 Å². The lowest BCUT2D eigenvalue weighted by Crippen LogP contribution is -2.39. The smallest absolute Gasteiger partial charge is 0.333 e. The summed E-state index contributed by atoms with van der Waals surface area (Å²) in [4.78, 5) is 39.2. The van der Waals surface area contributed by atoms with Crippen molar-refractivity contribution in [1.82, 2.24) is 15.7 Å². The molecule has 25 heavy (non-hydrogen) atoms. The highest BCUT2D eigenvalue weighted by Gasteiger charge is 2.50. The second-order valence-corrected chi connectivity index (χ2v) is 9.08. The quantitative estimate of drug-likeness (QED) is 0.340. The number of fused-ring (bicyclic) bond motifs is 1. The molecule has 0 aromatic heterocycles. The van der Waals surface area contributed by atoms with Crippen LogP contribution in [0.5, 0.6) is 0 Å². The number of nitrogens with zero attached hydrogens (tertiary/aromatic N) is 1. The third-order valence-corrected chi connectivity index (χ3v) is 7.15. The molecule has 11 heteroatoms. The van der Waals surface area contributed by atoms with Crippen molar-refractivity contribution in [2.45, 2.75) is 55.9 Å². The molecule has 3 aliphatic rings. The average molecular weight is 389 g/mol. The molecule has 0 spiro atoms. The van der Waals surface area contributed by atoms with Crippen LogP contribution in [-0.4, -0.2) is 59.5 Å². The molecule has 3 rings (SSSR count). The Balaban J connectivity index is 1.43. The second-order valence-electron chi connectivity index (χ2n) is 6.41. The van der Waals surface area contributed by atoms with E-state index in [1.54, 1.807) is 0 Å². The van der Waals surface area contributed by atoms with Crippen LogP contribution < -0.4 is 10.6 Å². The Kier molecular flexibility index (Phi) is 4.96. The molecule has 0 aromatic carbocycles. The van der Waals surface area contributed by atoms with E-state index in [2.05, 4.69) is 10.6 Å². The van der Waals surface area contributed by atoms with Gasteiger partial charge in [0.25, 0.3) is 11.8 Å². The number of unbranched alkanes of at least 4 members (excludes halogenated alkanes) is 1. The number of carbonyl (C=O) groups is 3. The maximum absolute atomic E-state index is 12.2. The van der Waals surface area contributed by atoms with Crippen LogP contribution in [0.3, 0.4) is 0 Å². The minimum atomic E-state index is -3.20. The summed E-state index contributed by atoms with van der Waals surface area (Å²) in [5, 5.41) is 6.40. The molecule has 3 heterocycles. The molecule has 0 aromatic rings. The summed E-state index contributed by atoms with van der Waals surface area (Å²) in [6.45, 7) is 0. The average Bonchev–Trinajstić information content (AvgIpc) is 3.09. The maximum atomic E-state index is 12.2. The third kappa shape index (κ3) is 3.76. The fraction of sp³-hybridized carbons (Fsp3) is 0.714. The molecule has 1 unspecified atom stereocenters. The standard InChI is InChI=1S/C14H19N3O6S2/c18-10-5-6-11(19)17(10)23-12(20)4-2-1-3-9-13-8(7-25(9,21)22)15-14(24)16-13/h8-9,13H,1-7H2,(H2,15,16,24)/t8?,9-,13-/m0/s1. The molecule has 0 radical (unpaired) electrons. The summed E-state index contributed by atoms with van der Waals surface area (Å²) in [5.41, 5.74) is 0. The van der Waals surface area contributed by atoms with Crippen molar-refractivity contribution < 1.29 is 27.6 Å². The molecule has 3 aliphatic heterocycles. The molecule has 9 nitrogen and oxygen atoms in total. The second kappa shape index (κ2) is 6.87. The van der Waals surface area contributed by atoms with Crippen molar-refractivity contribution in [3.8, 4) is 0 Å². The predicted molar refractivity (Wildman–Crippen MR) is 89.7 cm³/mol. The highest BCUT2D eigenvalue weighted by Crippen LogP contribution is 2.28. The molecule has 2 amide bonds. The van der Waals surface area contributed by atoms with Crippen molar-refractivity contribution in [2.75, 3.05) is 5.75 Å². The molecule has 3 fully saturated rings. The Morgan fingerprint density at radius 3 is 2.56 bits per heavy atom. The maximum Gasteiger partial charge on any atom is 0.333 e. The lowest BCUT2D eigenvalue weighted by molar-refractivity contribution is -0.197. The zero-order valence-corrected chi connectivity index (χ0v) is 15.0. The van der Waals surface area contributed by atoms with Crippen molar-refractivity contribution in [3.05, 3.63) is 0 Å². The van der Waals surface area contributed by atoms with Crippen LogP contribution in [0.25, 0.3) is 0 Å². The minimum absolute atomic E-state index is 0.0159. The first-order valence-electron chi connectivity index (χ1n) is 8.13. The molecular formula is C14H19N3O6S2. The van der Waals surface area contributed by atoms with Gasteiger partial charge >= 0.3 is 5.97 Å². The number of rotatable bonds is 6. The summed E-state index contributed by atoms with van der Waals surface area (Å²) >= 11 is 5.02. The number of hydrogen-bond donors (Lipinski definition) is 2. The summed E-state index contributed by atoms with van der Waals surface area (Å²) < 4.78 is 24.4. The van der Waals surface area contributed by atoms with Crippen molar-refractivity contribution in [2.24, 2.45) is 0 Å². The highest BCUT2D eigenvalue weighted by molar-refractivity contribution is 7.92. The number of carbonyl (C=O) groups excluding carboxylic acids is 3. The van der Waals surface area contributed by atoms with Gasteiger partial charge in [-0.15, -0.1) is 5.06 Å². The molecule has 2 N–H and O–H groups in total. The van der Waals surface area contributed by atoms with Gasteiger partial charge in [-0.05, 0) is 25.1 Å². The largest absolute Gasteiger partial charge is 0.357 e. The van der Waals surface area contributed by atoms with E-state index in [0.29, 0.717) is 29.4 Å². The van der Waals surface area contributed by atoms with Gasteiger partial charge in [-0.2, -0.15) is 0 Å². The van der Waals surface area contributed by atoms with Crippen molar-refractivity contribution in [3.63, 3.8) is 0 Å². The summed E-state index contributed by atoms with van der Waals surface area (Å²) in [6, 6.07) is -0.427. The first-order chi connectivity index (χ1) is 11.8. The number of sulfone groups is 1. The van der Waals surface area contributed by atoms with Gasteiger partial charge in [0.1, 0.15) is 0 Å². The van der Waals surface area contributed by atoms with E-state index in [1.807, 2.05) is 0 Å². The molecule has 3 atom stereocenters. The summed E-state index contributed by atoms with van der Waals surface area (Å²) in [6.07, 6.45) is 1.46. The zero-order valence-electron chi connectivity index (χ0n) is 13.4. The van der Waals surface area contributed by atoms with Gasteiger partial charge < -0.3 is 15.5 Å². The van der Waals surface area contributed by atoms with Crippen LogP contribution in [-0.2, 0) is 29.1 Å². The van der Waals surface area contributed by atoms with Gasteiger partial charge in [-0.25, -0.2) is 13.2 Å².